The highest BCUT2D eigenvalue weighted by Gasteiger charge is 2.21. The van der Waals surface area contributed by atoms with Crippen LogP contribution in [-0.4, -0.2) is 41.1 Å². The van der Waals surface area contributed by atoms with E-state index >= 15 is 0 Å². The molecule has 0 bridgehead atoms. The zero-order chi connectivity index (χ0) is 16.0. The fraction of sp³-hybridized carbons (Fsp3) is 0.462. The Bertz CT molecular complexity index is 614. The second kappa shape index (κ2) is 7.39. The van der Waals surface area contributed by atoms with Crippen molar-refractivity contribution in [1.29, 1.82) is 0 Å². The molecule has 0 radical (unpaired) electrons. The monoisotopic (exact) mass is 315 g/mol. The van der Waals surface area contributed by atoms with E-state index < -0.39 is 15.9 Å². The van der Waals surface area contributed by atoms with Gasteiger partial charge in [0.1, 0.15) is 4.90 Å². The zero-order valence-electron chi connectivity index (χ0n) is 12.4. The number of sulfonamides is 1. The lowest BCUT2D eigenvalue weighted by Gasteiger charge is -2.13. The SMILES string of the molecule is COCCNC(=O)CNS(=O)(=O)c1c(C)ccc(C)c1N. The van der Waals surface area contributed by atoms with E-state index in [2.05, 4.69) is 10.0 Å². The Morgan fingerprint density at radius 3 is 2.52 bits per heavy atom. The van der Waals surface area contributed by atoms with Crippen LogP contribution >= 0.6 is 0 Å². The average Bonchev–Trinajstić information content (AvgIpc) is 2.41. The van der Waals surface area contributed by atoms with E-state index in [-0.39, 0.29) is 17.1 Å². The largest absolute Gasteiger partial charge is 0.397 e. The number of nitrogens with two attached hydrogens (primary N) is 1. The summed E-state index contributed by atoms with van der Waals surface area (Å²) >= 11 is 0. The van der Waals surface area contributed by atoms with Crippen LogP contribution in [0, 0.1) is 13.8 Å². The summed E-state index contributed by atoms with van der Waals surface area (Å²) in [6, 6.07) is 3.43. The first-order valence-electron chi connectivity index (χ1n) is 6.40. The number of rotatable bonds is 7. The van der Waals surface area contributed by atoms with Crippen molar-refractivity contribution in [1.82, 2.24) is 10.0 Å². The van der Waals surface area contributed by atoms with Gasteiger partial charge in [-0.1, -0.05) is 12.1 Å². The predicted molar refractivity (Wildman–Crippen MR) is 80.4 cm³/mol. The first-order chi connectivity index (χ1) is 9.79. The molecule has 0 heterocycles. The molecule has 0 spiro atoms. The lowest BCUT2D eigenvalue weighted by Crippen LogP contribution is -2.38. The van der Waals surface area contributed by atoms with Crippen molar-refractivity contribution in [2.24, 2.45) is 0 Å². The first kappa shape index (κ1) is 17.4. The minimum Gasteiger partial charge on any atom is -0.397 e. The Morgan fingerprint density at radius 2 is 1.90 bits per heavy atom. The summed E-state index contributed by atoms with van der Waals surface area (Å²) in [7, 11) is -2.32. The second-order valence-electron chi connectivity index (χ2n) is 4.61. The first-order valence-corrected chi connectivity index (χ1v) is 7.89. The highest BCUT2D eigenvalue weighted by atomic mass is 32.2. The lowest BCUT2D eigenvalue weighted by molar-refractivity contribution is -0.120. The van der Waals surface area contributed by atoms with Crippen molar-refractivity contribution in [3.63, 3.8) is 0 Å². The Balaban J connectivity index is 2.79. The summed E-state index contributed by atoms with van der Waals surface area (Å²) in [6.07, 6.45) is 0. The molecule has 1 amide bonds. The van der Waals surface area contributed by atoms with Crippen molar-refractivity contribution < 1.29 is 17.9 Å². The number of aryl methyl sites for hydroxylation is 2. The molecule has 0 saturated heterocycles. The summed E-state index contributed by atoms with van der Waals surface area (Å²) in [4.78, 5) is 11.5. The summed E-state index contributed by atoms with van der Waals surface area (Å²) in [6.45, 7) is 3.72. The fourth-order valence-electron chi connectivity index (χ4n) is 1.75. The smallest absolute Gasteiger partial charge is 0.243 e. The molecule has 0 aromatic heterocycles. The van der Waals surface area contributed by atoms with Crippen molar-refractivity contribution >= 4 is 21.6 Å². The summed E-state index contributed by atoms with van der Waals surface area (Å²) < 4.78 is 31.6. The van der Waals surface area contributed by atoms with Gasteiger partial charge in [0.2, 0.25) is 15.9 Å². The van der Waals surface area contributed by atoms with Crippen LogP contribution in [0.5, 0.6) is 0 Å². The van der Waals surface area contributed by atoms with Crippen LogP contribution in [0.4, 0.5) is 5.69 Å². The highest BCUT2D eigenvalue weighted by Crippen LogP contribution is 2.25. The van der Waals surface area contributed by atoms with Crippen molar-refractivity contribution in [3.05, 3.63) is 23.3 Å². The Kier molecular flexibility index (Phi) is 6.13. The number of amides is 1. The number of carbonyl (C=O) groups is 1. The van der Waals surface area contributed by atoms with Gasteiger partial charge in [0.25, 0.3) is 0 Å². The Morgan fingerprint density at radius 1 is 1.29 bits per heavy atom. The van der Waals surface area contributed by atoms with E-state index in [0.29, 0.717) is 24.3 Å². The van der Waals surface area contributed by atoms with Gasteiger partial charge < -0.3 is 15.8 Å². The van der Waals surface area contributed by atoms with Crippen molar-refractivity contribution in [2.45, 2.75) is 18.7 Å². The minimum atomic E-state index is -3.84. The van der Waals surface area contributed by atoms with Crippen molar-refractivity contribution in [2.75, 3.05) is 32.5 Å². The number of ether oxygens (including phenoxy) is 1. The van der Waals surface area contributed by atoms with Crippen LogP contribution in [0.25, 0.3) is 0 Å². The molecule has 1 aromatic rings. The van der Waals surface area contributed by atoms with Gasteiger partial charge in [-0.15, -0.1) is 0 Å². The third kappa shape index (κ3) is 4.69. The van der Waals surface area contributed by atoms with Crippen LogP contribution in [0.1, 0.15) is 11.1 Å². The normalized spacial score (nSPS) is 11.4. The summed E-state index contributed by atoms with van der Waals surface area (Å²) in [5.74, 6) is -0.431. The molecule has 7 nitrogen and oxygen atoms in total. The van der Waals surface area contributed by atoms with Gasteiger partial charge in [-0.25, -0.2) is 13.1 Å². The number of anilines is 1. The topological polar surface area (TPSA) is 111 Å². The molecule has 0 aliphatic heterocycles. The zero-order valence-corrected chi connectivity index (χ0v) is 13.2. The third-order valence-electron chi connectivity index (χ3n) is 2.93. The minimum absolute atomic E-state index is 0.0205. The van der Waals surface area contributed by atoms with Crippen molar-refractivity contribution in [3.8, 4) is 0 Å². The van der Waals surface area contributed by atoms with Gasteiger partial charge >= 0.3 is 0 Å². The summed E-state index contributed by atoms with van der Waals surface area (Å²) in [5, 5.41) is 2.53. The quantitative estimate of drug-likeness (QED) is 0.482. The number of benzene rings is 1. The van der Waals surface area contributed by atoms with Crippen LogP contribution in [-0.2, 0) is 19.6 Å². The number of hydrogen-bond acceptors (Lipinski definition) is 5. The van der Waals surface area contributed by atoms with Gasteiger partial charge in [-0.3, -0.25) is 4.79 Å². The lowest BCUT2D eigenvalue weighted by atomic mass is 10.1. The maximum atomic E-state index is 12.3. The van der Waals surface area contributed by atoms with E-state index in [1.54, 1.807) is 26.0 Å². The highest BCUT2D eigenvalue weighted by molar-refractivity contribution is 7.89. The number of nitrogens with one attached hydrogen (secondary N) is 2. The number of hydrogen-bond donors (Lipinski definition) is 3. The number of carbonyl (C=O) groups excluding carboxylic acids is 1. The average molecular weight is 315 g/mol. The molecule has 1 rings (SSSR count). The van der Waals surface area contributed by atoms with Crippen LogP contribution in [0.3, 0.4) is 0 Å². The van der Waals surface area contributed by atoms with Gasteiger partial charge in [0, 0.05) is 13.7 Å². The van der Waals surface area contributed by atoms with Gasteiger partial charge in [0.05, 0.1) is 18.8 Å². The molecule has 8 heteroatoms. The summed E-state index contributed by atoms with van der Waals surface area (Å²) in [5.41, 5.74) is 7.24. The van der Waals surface area contributed by atoms with E-state index in [1.165, 1.54) is 7.11 Å². The Labute approximate surface area is 124 Å². The van der Waals surface area contributed by atoms with Gasteiger partial charge in [-0.05, 0) is 25.0 Å². The molecule has 1 aromatic carbocycles. The fourth-order valence-corrected chi connectivity index (χ4v) is 3.16. The van der Waals surface area contributed by atoms with E-state index in [1.807, 2.05) is 0 Å². The molecule has 0 aliphatic carbocycles. The molecule has 21 heavy (non-hydrogen) atoms. The van der Waals surface area contributed by atoms with E-state index in [0.717, 1.165) is 0 Å². The van der Waals surface area contributed by atoms with Gasteiger partial charge in [-0.2, -0.15) is 0 Å². The third-order valence-corrected chi connectivity index (χ3v) is 4.53. The van der Waals surface area contributed by atoms with Crippen LogP contribution in [0.2, 0.25) is 0 Å². The standard InChI is InChI=1S/C13H21N3O4S/c1-9-4-5-10(2)13(12(9)14)21(18,19)16-8-11(17)15-6-7-20-3/h4-5,16H,6-8,14H2,1-3H3,(H,15,17). The molecule has 118 valence electrons. The molecule has 0 aliphatic rings. The van der Waals surface area contributed by atoms with E-state index in [4.69, 9.17) is 10.5 Å². The molecule has 0 saturated carbocycles. The Hall–Kier alpha value is -1.64. The number of nitrogen functional groups attached to an aromatic ring is 1. The molecule has 4 N–H and O–H groups in total. The second-order valence-corrected chi connectivity index (χ2v) is 6.31. The van der Waals surface area contributed by atoms with Crippen LogP contribution < -0.4 is 15.8 Å². The molecular formula is C13H21N3O4S. The van der Waals surface area contributed by atoms with Gasteiger partial charge in [0.15, 0.2) is 0 Å². The van der Waals surface area contributed by atoms with Crippen LogP contribution in [0.15, 0.2) is 17.0 Å². The molecular weight excluding hydrogens is 294 g/mol. The van der Waals surface area contributed by atoms with E-state index in [9.17, 15) is 13.2 Å². The molecule has 0 fully saturated rings. The maximum absolute atomic E-state index is 12.3. The maximum Gasteiger partial charge on any atom is 0.243 e. The predicted octanol–water partition coefficient (Wildman–Crippen LogP) is -0.0735. The molecule has 0 unspecified atom stereocenters. The molecule has 0 atom stereocenters. The number of methoxy groups -OCH3 is 1.